The largest absolute Gasteiger partial charge is 0.494 e. The monoisotopic (exact) mass is 249 g/mol. The van der Waals surface area contributed by atoms with Crippen molar-refractivity contribution >= 4 is 21.6 Å². The summed E-state index contributed by atoms with van der Waals surface area (Å²) in [5.41, 5.74) is 0.874. The molecule has 2 aromatic rings. The Kier molecular flexibility index (Phi) is 3.98. The molecule has 0 fully saturated rings. The molecule has 0 aliphatic carbocycles. The van der Waals surface area contributed by atoms with Crippen LogP contribution in [-0.4, -0.2) is 11.6 Å². The van der Waals surface area contributed by atoms with Crippen LogP contribution in [0.25, 0.3) is 10.2 Å². The first kappa shape index (κ1) is 11.9. The number of H-pyrrole nitrogens is 1. The molecule has 0 radical (unpaired) electrons. The summed E-state index contributed by atoms with van der Waals surface area (Å²) in [5.74, 6) is 0.825. The van der Waals surface area contributed by atoms with Crippen molar-refractivity contribution in [2.75, 3.05) is 6.61 Å². The van der Waals surface area contributed by atoms with Gasteiger partial charge < -0.3 is 9.72 Å². The molecule has 17 heavy (non-hydrogen) atoms. The molecule has 90 valence electrons. The van der Waals surface area contributed by atoms with Crippen LogP contribution in [0.5, 0.6) is 5.75 Å². The highest BCUT2D eigenvalue weighted by molar-refractivity contribution is 7.16. The van der Waals surface area contributed by atoms with Crippen LogP contribution in [0.1, 0.15) is 19.3 Å². The lowest BCUT2D eigenvalue weighted by molar-refractivity contribution is 0.308. The van der Waals surface area contributed by atoms with Gasteiger partial charge in [0.1, 0.15) is 5.75 Å². The van der Waals surface area contributed by atoms with E-state index in [1.165, 1.54) is 11.3 Å². The molecule has 1 N–H and O–H groups in total. The van der Waals surface area contributed by atoms with Crippen molar-refractivity contribution in [1.82, 2.24) is 4.98 Å². The Balaban J connectivity index is 1.94. The van der Waals surface area contributed by atoms with Crippen molar-refractivity contribution in [3.63, 3.8) is 0 Å². The van der Waals surface area contributed by atoms with Crippen LogP contribution in [0, 0.1) is 0 Å². The maximum absolute atomic E-state index is 11.1. The average Bonchev–Trinajstić information content (AvgIpc) is 2.68. The zero-order valence-corrected chi connectivity index (χ0v) is 10.4. The second-order valence-electron chi connectivity index (χ2n) is 3.81. The van der Waals surface area contributed by atoms with Crippen molar-refractivity contribution in [1.29, 1.82) is 0 Å². The molecule has 0 spiro atoms. The highest BCUT2D eigenvalue weighted by Crippen LogP contribution is 2.21. The van der Waals surface area contributed by atoms with Crippen molar-refractivity contribution in [3.8, 4) is 5.75 Å². The summed E-state index contributed by atoms with van der Waals surface area (Å²) in [6.07, 6.45) is 5.07. The van der Waals surface area contributed by atoms with Gasteiger partial charge in [0.05, 0.1) is 16.8 Å². The Morgan fingerprint density at radius 2 is 2.29 bits per heavy atom. The van der Waals surface area contributed by atoms with Crippen LogP contribution in [0.3, 0.4) is 0 Å². The minimum Gasteiger partial charge on any atom is -0.494 e. The molecule has 1 aromatic heterocycles. The van der Waals surface area contributed by atoms with Gasteiger partial charge in [0.2, 0.25) is 0 Å². The molecule has 3 nitrogen and oxygen atoms in total. The van der Waals surface area contributed by atoms with Crippen molar-refractivity contribution in [3.05, 3.63) is 40.5 Å². The molecule has 0 saturated heterocycles. The number of rotatable bonds is 6. The first-order valence-electron chi connectivity index (χ1n) is 5.66. The van der Waals surface area contributed by atoms with Crippen LogP contribution in [0.4, 0.5) is 0 Å². The first-order valence-corrected chi connectivity index (χ1v) is 6.48. The highest BCUT2D eigenvalue weighted by atomic mass is 32.1. The lowest BCUT2D eigenvalue weighted by Gasteiger charge is -2.05. The third kappa shape index (κ3) is 3.20. The number of hydrogen-bond acceptors (Lipinski definition) is 3. The van der Waals surface area contributed by atoms with E-state index < -0.39 is 0 Å². The third-order valence-electron chi connectivity index (χ3n) is 2.46. The minimum absolute atomic E-state index is 0.0249. The zero-order chi connectivity index (χ0) is 12.1. The number of aromatic nitrogens is 1. The Hall–Kier alpha value is -1.55. The van der Waals surface area contributed by atoms with E-state index in [1.807, 2.05) is 24.3 Å². The molecule has 1 heterocycles. The SMILES string of the molecule is C=CCCCCOc1ccc2[nH]c(=O)sc2c1. The van der Waals surface area contributed by atoms with E-state index in [0.717, 1.165) is 35.2 Å². The number of benzene rings is 1. The summed E-state index contributed by atoms with van der Waals surface area (Å²) in [4.78, 5) is 13.9. The Morgan fingerprint density at radius 3 is 3.12 bits per heavy atom. The van der Waals surface area contributed by atoms with Gasteiger partial charge in [-0.1, -0.05) is 17.4 Å². The van der Waals surface area contributed by atoms with E-state index in [-0.39, 0.29) is 4.87 Å². The number of thiazole rings is 1. The molecule has 0 saturated carbocycles. The smallest absolute Gasteiger partial charge is 0.305 e. The van der Waals surface area contributed by atoms with Gasteiger partial charge in [0, 0.05) is 0 Å². The van der Waals surface area contributed by atoms with Gasteiger partial charge in [-0.25, -0.2) is 0 Å². The van der Waals surface area contributed by atoms with Gasteiger partial charge in [0.15, 0.2) is 0 Å². The lowest BCUT2D eigenvalue weighted by Crippen LogP contribution is -1.96. The summed E-state index contributed by atoms with van der Waals surface area (Å²) in [7, 11) is 0. The minimum atomic E-state index is -0.0249. The highest BCUT2D eigenvalue weighted by Gasteiger charge is 2.01. The predicted molar refractivity (Wildman–Crippen MR) is 72.0 cm³/mol. The number of ether oxygens (including phenoxy) is 1. The Labute approximate surface area is 104 Å². The summed E-state index contributed by atoms with van der Waals surface area (Å²) in [6, 6.07) is 5.68. The maximum atomic E-state index is 11.1. The van der Waals surface area contributed by atoms with Gasteiger partial charge in [-0.05, 0) is 37.5 Å². The lowest BCUT2D eigenvalue weighted by atomic mass is 10.2. The first-order chi connectivity index (χ1) is 8.29. The quantitative estimate of drug-likeness (QED) is 0.630. The number of allylic oxidation sites excluding steroid dienone is 1. The molecule has 0 bridgehead atoms. The van der Waals surface area contributed by atoms with Gasteiger partial charge in [-0.2, -0.15) is 0 Å². The fourth-order valence-electron chi connectivity index (χ4n) is 1.60. The van der Waals surface area contributed by atoms with Gasteiger partial charge in [-0.15, -0.1) is 6.58 Å². The normalized spacial score (nSPS) is 10.6. The van der Waals surface area contributed by atoms with Gasteiger partial charge >= 0.3 is 4.87 Å². The second kappa shape index (κ2) is 5.68. The van der Waals surface area contributed by atoms with Gasteiger partial charge in [0.25, 0.3) is 0 Å². The van der Waals surface area contributed by atoms with E-state index in [0.29, 0.717) is 6.61 Å². The molecular formula is C13H15NO2S. The van der Waals surface area contributed by atoms with Crippen molar-refractivity contribution in [2.24, 2.45) is 0 Å². The molecule has 0 aliphatic rings. The topological polar surface area (TPSA) is 42.1 Å². The number of nitrogens with one attached hydrogen (secondary N) is 1. The zero-order valence-electron chi connectivity index (χ0n) is 9.57. The van der Waals surface area contributed by atoms with E-state index >= 15 is 0 Å². The molecular weight excluding hydrogens is 234 g/mol. The van der Waals surface area contributed by atoms with Crippen LogP contribution in [0.2, 0.25) is 0 Å². The third-order valence-corrected chi connectivity index (χ3v) is 3.31. The second-order valence-corrected chi connectivity index (χ2v) is 4.82. The van der Waals surface area contributed by atoms with Crippen molar-refractivity contribution in [2.45, 2.75) is 19.3 Å². The average molecular weight is 249 g/mol. The van der Waals surface area contributed by atoms with Crippen molar-refractivity contribution < 1.29 is 4.74 Å². The summed E-state index contributed by atoms with van der Waals surface area (Å²) in [6.45, 7) is 4.39. The van der Waals surface area contributed by atoms with Crippen LogP contribution in [0.15, 0.2) is 35.6 Å². The Bertz CT molecular complexity index is 556. The maximum Gasteiger partial charge on any atom is 0.305 e. The Morgan fingerprint density at radius 1 is 1.41 bits per heavy atom. The molecule has 0 unspecified atom stereocenters. The van der Waals surface area contributed by atoms with Crippen LogP contribution >= 0.6 is 11.3 Å². The number of unbranched alkanes of at least 4 members (excludes halogenated alkanes) is 2. The van der Waals surface area contributed by atoms with E-state index in [2.05, 4.69) is 11.6 Å². The molecule has 0 amide bonds. The van der Waals surface area contributed by atoms with E-state index in [9.17, 15) is 4.79 Å². The number of fused-ring (bicyclic) bond motifs is 1. The fraction of sp³-hybridized carbons (Fsp3) is 0.308. The standard InChI is InChI=1S/C13H15NO2S/c1-2-3-4-5-8-16-10-6-7-11-12(9-10)17-13(15)14-11/h2,6-7,9H,1,3-5,8H2,(H,14,15). The predicted octanol–water partition coefficient (Wildman–Crippen LogP) is 3.32. The summed E-state index contributed by atoms with van der Waals surface area (Å²) >= 11 is 1.21. The molecule has 0 atom stereocenters. The van der Waals surface area contributed by atoms with Gasteiger partial charge in [-0.3, -0.25) is 4.79 Å². The summed E-state index contributed by atoms with van der Waals surface area (Å²) < 4.78 is 6.57. The van der Waals surface area contributed by atoms with Crippen LogP contribution in [-0.2, 0) is 0 Å². The number of aromatic amines is 1. The molecule has 2 rings (SSSR count). The molecule has 0 aliphatic heterocycles. The number of hydrogen-bond donors (Lipinski definition) is 1. The van der Waals surface area contributed by atoms with Crippen LogP contribution < -0.4 is 9.61 Å². The van der Waals surface area contributed by atoms with E-state index in [4.69, 9.17) is 4.74 Å². The van der Waals surface area contributed by atoms with E-state index in [1.54, 1.807) is 0 Å². The fourth-order valence-corrected chi connectivity index (χ4v) is 2.36. The molecule has 1 aromatic carbocycles. The molecule has 4 heteroatoms. The summed E-state index contributed by atoms with van der Waals surface area (Å²) in [5, 5.41) is 0.